The summed E-state index contributed by atoms with van der Waals surface area (Å²) in [4.78, 5) is 25.1. The standard InChI is InChI=1S/C31H48O5/c1-3-5-7-9-11-12-17-21-27-23-28(36-31(27)33)29(25-34-24-26-19-15-14-16-20-26)35-30(32)22-18-13-10-8-6-4-2/h14-16,19-21,28-29H,3-13,17-18,22-25H2,1-2H3/b27-21-/t28-,29-/m0/s1. The molecule has 202 valence electrons. The third kappa shape index (κ3) is 12.7. The summed E-state index contributed by atoms with van der Waals surface area (Å²) in [6, 6.07) is 9.90. The normalized spacial score (nSPS) is 17.3. The van der Waals surface area contributed by atoms with Crippen molar-refractivity contribution < 1.29 is 23.8 Å². The van der Waals surface area contributed by atoms with E-state index in [-0.39, 0.29) is 18.5 Å². The second-order valence-corrected chi connectivity index (χ2v) is 9.98. The molecular weight excluding hydrogens is 452 g/mol. The van der Waals surface area contributed by atoms with Crippen molar-refractivity contribution in [1.29, 1.82) is 0 Å². The van der Waals surface area contributed by atoms with Gasteiger partial charge in [-0.15, -0.1) is 0 Å². The van der Waals surface area contributed by atoms with Crippen molar-refractivity contribution in [2.75, 3.05) is 6.61 Å². The molecule has 1 aliphatic rings. The molecule has 0 bridgehead atoms. The van der Waals surface area contributed by atoms with Crippen LogP contribution >= 0.6 is 0 Å². The van der Waals surface area contributed by atoms with E-state index in [4.69, 9.17) is 14.2 Å². The topological polar surface area (TPSA) is 61.8 Å². The number of esters is 2. The van der Waals surface area contributed by atoms with Crippen LogP contribution in [-0.4, -0.2) is 30.8 Å². The molecule has 0 aromatic heterocycles. The zero-order chi connectivity index (χ0) is 25.8. The van der Waals surface area contributed by atoms with Gasteiger partial charge in [0.25, 0.3) is 0 Å². The highest BCUT2D eigenvalue weighted by atomic mass is 16.6. The summed E-state index contributed by atoms with van der Waals surface area (Å²) in [6.07, 6.45) is 16.7. The highest BCUT2D eigenvalue weighted by Crippen LogP contribution is 2.26. The maximum absolute atomic E-state index is 12.6. The average Bonchev–Trinajstić information content (AvgIpc) is 3.25. The summed E-state index contributed by atoms with van der Waals surface area (Å²) in [5.74, 6) is -0.523. The predicted molar refractivity (Wildman–Crippen MR) is 145 cm³/mol. The molecule has 1 aromatic rings. The second-order valence-electron chi connectivity index (χ2n) is 9.98. The van der Waals surface area contributed by atoms with Crippen molar-refractivity contribution in [2.45, 2.75) is 129 Å². The van der Waals surface area contributed by atoms with Gasteiger partial charge in [-0.2, -0.15) is 0 Å². The molecule has 0 unspecified atom stereocenters. The van der Waals surface area contributed by atoms with Crippen LogP contribution in [-0.2, 0) is 30.4 Å². The third-order valence-corrected chi connectivity index (χ3v) is 6.72. The van der Waals surface area contributed by atoms with Crippen LogP contribution in [0.15, 0.2) is 42.0 Å². The Balaban J connectivity index is 1.84. The summed E-state index contributed by atoms with van der Waals surface area (Å²) >= 11 is 0. The molecular formula is C31H48O5. The number of allylic oxidation sites excluding steroid dienone is 1. The van der Waals surface area contributed by atoms with E-state index in [9.17, 15) is 9.59 Å². The Hall–Kier alpha value is -2.14. The lowest BCUT2D eigenvalue weighted by Gasteiger charge is -2.22. The van der Waals surface area contributed by atoms with E-state index in [0.29, 0.717) is 25.0 Å². The van der Waals surface area contributed by atoms with Crippen LogP contribution in [0.1, 0.15) is 116 Å². The number of cyclic esters (lactones) is 1. The van der Waals surface area contributed by atoms with Gasteiger partial charge in [-0.25, -0.2) is 4.79 Å². The number of ether oxygens (including phenoxy) is 3. The zero-order valence-electron chi connectivity index (χ0n) is 22.7. The molecule has 0 amide bonds. The van der Waals surface area contributed by atoms with E-state index >= 15 is 0 Å². The Bertz CT molecular complexity index is 757. The van der Waals surface area contributed by atoms with Gasteiger partial charge in [0.05, 0.1) is 13.2 Å². The number of hydrogen-bond donors (Lipinski definition) is 0. The Kier molecular flexibility index (Phi) is 15.9. The molecule has 0 spiro atoms. The van der Waals surface area contributed by atoms with Crippen LogP contribution in [0.5, 0.6) is 0 Å². The highest BCUT2D eigenvalue weighted by molar-refractivity contribution is 5.90. The smallest absolute Gasteiger partial charge is 0.334 e. The molecule has 2 atom stereocenters. The molecule has 0 radical (unpaired) electrons. The van der Waals surface area contributed by atoms with E-state index in [1.807, 2.05) is 36.4 Å². The fourth-order valence-electron chi connectivity index (χ4n) is 4.49. The van der Waals surface area contributed by atoms with Gasteiger partial charge < -0.3 is 14.2 Å². The van der Waals surface area contributed by atoms with Crippen molar-refractivity contribution >= 4 is 11.9 Å². The van der Waals surface area contributed by atoms with Crippen LogP contribution in [0.2, 0.25) is 0 Å². The van der Waals surface area contributed by atoms with Crippen LogP contribution in [0.25, 0.3) is 0 Å². The number of rotatable bonds is 20. The van der Waals surface area contributed by atoms with Crippen molar-refractivity contribution in [3.8, 4) is 0 Å². The first-order chi connectivity index (χ1) is 17.6. The molecule has 0 saturated carbocycles. The van der Waals surface area contributed by atoms with Crippen LogP contribution in [0, 0.1) is 0 Å². The number of carbonyl (C=O) groups is 2. The summed E-state index contributed by atoms with van der Waals surface area (Å²) in [6.45, 7) is 5.05. The van der Waals surface area contributed by atoms with E-state index in [0.717, 1.165) is 37.7 Å². The largest absolute Gasteiger partial charge is 0.456 e. The predicted octanol–water partition coefficient (Wildman–Crippen LogP) is 7.86. The number of carbonyl (C=O) groups excluding carboxylic acids is 2. The molecule has 2 rings (SSSR count). The summed E-state index contributed by atoms with van der Waals surface area (Å²) in [7, 11) is 0. The SMILES string of the molecule is CCCCCCCC/C=C1/C[C@@H]([C@H](COCc2ccccc2)OC(=O)CCCCCCCC)OC1=O. The summed E-state index contributed by atoms with van der Waals surface area (Å²) in [5.41, 5.74) is 1.76. The average molecular weight is 501 g/mol. The van der Waals surface area contributed by atoms with Gasteiger partial charge in [0.2, 0.25) is 0 Å². The minimum absolute atomic E-state index is 0.208. The van der Waals surface area contributed by atoms with Gasteiger partial charge >= 0.3 is 11.9 Å². The minimum Gasteiger partial charge on any atom is -0.456 e. The molecule has 1 fully saturated rings. The molecule has 1 saturated heterocycles. The summed E-state index contributed by atoms with van der Waals surface area (Å²) < 4.78 is 17.4. The molecule has 0 aliphatic carbocycles. The fourth-order valence-corrected chi connectivity index (χ4v) is 4.49. The van der Waals surface area contributed by atoms with Gasteiger partial charge in [-0.05, 0) is 24.8 Å². The summed E-state index contributed by atoms with van der Waals surface area (Å²) in [5, 5.41) is 0. The fraction of sp³-hybridized carbons (Fsp3) is 0.677. The third-order valence-electron chi connectivity index (χ3n) is 6.72. The maximum Gasteiger partial charge on any atom is 0.334 e. The lowest BCUT2D eigenvalue weighted by Crippen LogP contribution is -2.35. The second kappa shape index (κ2) is 19.0. The van der Waals surface area contributed by atoms with E-state index in [1.165, 1.54) is 51.4 Å². The van der Waals surface area contributed by atoms with Crippen LogP contribution in [0.3, 0.4) is 0 Å². The Morgan fingerprint density at radius 3 is 2.28 bits per heavy atom. The lowest BCUT2D eigenvalue weighted by atomic mass is 10.0. The van der Waals surface area contributed by atoms with Crippen molar-refractivity contribution in [1.82, 2.24) is 0 Å². The molecule has 1 aliphatic heterocycles. The molecule has 5 heteroatoms. The Labute approximate surface area is 219 Å². The van der Waals surface area contributed by atoms with Crippen molar-refractivity contribution in [3.05, 3.63) is 47.5 Å². The number of unbranched alkanes of at least 4 members (excludes halogenated alkanes) is 11. The maximum atomic E-state index is 12.6. The van der Waals surface area contributed by atoms with Crippen molar-refractivity contribution in [2.24, 2.45) is 0 Å². The Morgan fingerprint density at radius 1 is 0.944 bits per heavy atom. The quantitative estimate of drug-likeness (QED) is 0.104. The minimum atomic E-state index is -0.592. The molecule has 0 N–H and O–H groups in total. The molecule has 1 heterocycles. The first kappa shape index (κ1) is 30.1. The van der Waals surface area contributed by atoms with E-state index in [1.54, 1.807) is 0 Å². The molecule has 36 heavy (non-hydrogen) atoms. The molecule has 5 nitrogen and oxygen atoms in total. The number of hydrogen-bond acceptors (Lipinski definition) is 5. The van der Waals surface area contributed by atoms with Crippen LogP contribution < -0.4 is 0 Å². The van der Waals surface area contributed by atoms with Gasteiger partial charge in [0.1, 0.15) is 6.10 Å². The first-order valence-corrected chi connectivity index (χ1v) is 14.3. The van der Waals surface area contributed by atoms with Gasteiger partial charge in [-0.1, -0.05) is 114 Å². The Morgan fingerprint density at radius 2 is 1.58 bits per heavy atom. The van der Waals surface area contributed by atoms with Crippen LogP contribution in [0.4, 0.5) is 0 Å². The number of benzene rings is 1. The zero-order valence-corrected chi connectivity index (χ0v) is 22.7. The van der Waals surface area contributed by atoms with Crippen molar-refractivity contribution in [3.63, 3.8) is 0 Å². The van der Waals surface area contributed by atoms with Gasteiger partial charge in [0, 0.05) is 18.4 Å². The molecule has 1 aromatic carbocycles. The van der Waals surface area contributed by atoms with Gasteiger partial charge in [0.15, 0.2) is 6.10 Å². The highest BCUT2D eigenvalue weighted by Gasteiger charge is 2.37. The monoisotopic (exact) mass is 500 g/mol. The van der Waals surface area contributed by atoms with E-state index < -0.39 is 12.2 Å². The van der Waals surface area contributed by atoms with E-state index in [2.05, 4.69) is 13.8 Å². The van der Waals surface area contributed by atoms with Gasteiger partial charge in [-0.3, -0.25) is 4.79 Å². The first-order valence-electron chi connectivity index (χ1n) is 14.3. The lowest BCUT2D eigenvalue weighted by molar-refractivity contribution is -0.166.